The van der Waals surface area contributed by atoms with Crippen LogP contribution in [-0.2, 0) is 15.0 Å². The van der Waals surface area contributed by atoms with E-state index in [0.29, 0.717) is 38.9 Å². The molecule has 114 valence electrons. The fraction of sp³-hybridized carbons (Fsp3) is 0.500. The molecule has 0 bridgehead atoms. The lowest BCUT2D eigenvalue weighted by molar-refractivity contribution is -0.148. The summed E-state index contributed by atoms with van der Waals surface area (Å²) in [6, 6.07) is 9.35. The number of carbonyl (C=O) groups is 2. The Morgan fingerprint density at radius 3 is 2.38 bits per heavy atom. The van der Waals surface area contributed by atoms with E-state index in [1.54, 1.807) is 4.90 Å². The largest absolute Gasteiger partial charge is 0.481 e. The van der Waals surface area contributed by atoms with Crippen molar-refractivity contribution in [3.05, 3.63) is 35.9 Å². The maximum absolute atomic E-state index is 12.0. The van der Waals surface area contributed by atoms with E-state index in [9.17, 15) is 14.7 Å². The molecule has 0 atom stereocenters. The van der Waals surface area contributed by atoms with E-state index in [1.165, 1.54) is 0 Å². The van der Waals surface area contributed by atoms with Crippen LogP contribution in [0.25, 0.3) is 0 Å². The lowest BCUT2D eigenvalue weighted by Gasteiger charge is -2.39. The van der Waals surface area contributed by atoms with Crippen molar-refractivity contribution in [3.63, 3.8) is 0 Å². The molecule has 5 heteroatoms. The molecule has 21 heavy (non-hydrogen) atoms. The van der Waals surface area contributed by atoms with Crippen LogP contribution < -0.4 is 5.32 Å². The van der Waals surface area contributed by atoms with Crippen LogP contribution in [0.2, 0.25) is 0 Å². The molecule has 1 aromatic rings. The van der Waals surface area contributed by atoms with Crippen LogP contribution in [0.5, 0.6) is 0 Å². The van der Waals surface area contributed by atoms with Crippen molar-refractivity contribution < 1.29 is 14.7 Å². The topological polar surface area (TPSA) is 69.6 Å². The number of hydrogen-bond donors (Lipinski definition) is 2. The number of amides is 1. The number of carboxylic acid groups (broad SMARTS) is 1. The zero-order valence-corrected chi connectivity index (χ0v) is 12.3. The first-order valence-corrected chi connectivity index (χ1v) is 7.31. The Morgan fingerprint density at radius 2 is 1.86 bits per heavy atom. The summed E-state index contributed by atoms with van der Waals surface area (Å²) in [5, 5.41) is 12.7. The fourth-order valence-corrected chi connectivity index (χ4v) is 2.91. The van der Waals surface area contributed by atoms with Gasteiger partial charge in [-0.1, -0.05) is 30.3 Å². The van der Waals surface area contributed by atoms with Gasteiger partial charge < -0.3 is 15.3 Å². The Hall–Kier alpha value is -1.88. The number of aliphatic carboxylic acids is 1. The Morgan fingerprint density at radius 1 is 1.24 bits per heavy atom. The number of nitrogens with one attached hydrogen (secondary N) is 1. The fourth-order valence-electron chi connectivity index (χ4n) is 2.91. The summed E-state index contributed by atoms with van der Waals surface area (Å²) in [5.74, 6) is -0.701. The molecule has 5 nitrogen and oxygen atoms in total. The van der Waals surface area contributed by atoms with Crippen molar-refractivity contribution in [3.8, 4) is 0 Å². The first kappa shape index (κ1) is 15.5. The van der Waals surface area contributed by atoms with Crippen LogP contribution in [0.3, 0.4) is 0 Å². The quantitative estimate of drug-likeness (QED) is 0.856. The van der Waals surface area contributed by atoms with Gasteiger partial charge in [-0.2, -0.15) is 0 Å². The highest BCUT2D eigenvalue weighted by molar-refractivity contribution is 5.82. The number of piperidine rings is 1. The maximum Gasteiger partial charge on any atom is 0.314 e. The van der Waals surface area contributed by atoms with Crippen molar-refractivity contribution in [2.24, 2.45) is 0 Å². The predicted octanol–water partition coefficient (Wildman–Crippen LogP) is 1.24. The zero-order valence-electron chi connectivity index (χ0n) is 12.3. The summed E-state index contributed by atoms with van der Waals surface area (Å²) in [5.41, 5.74) is -0.0269. The van der Waals surface area contributed by atoms with Crippen LogP contribution in [0, 0.1) is 0 Å². The third kappa shape index (κ3) is 3.24. The van der Waals surface area contributed by atoms with Gasteiger partial charge in [0.15, 0.2) is 0 Å². The van der Waals surface area contributed by atoms with Gasteiger partial charge in [-0.05, 0) is 25.5 Å². The van der Waals surface area contributed by atoms with Gasteiger partial charge in [0, 0.05) is 26.1 Å². The van der Waals surface area contributed by atoms with Crippen LogP contribution in [0.4, 0.5) is 0 Å². The molecule has 1 saturated heterocycles. The third-order valence-corrected chi connectivity index (χ3v) is 4.29. The van der Waals surface area contributed by atoms with E-state index in [4.69, 9.17) is 0 Å². The van der Waals surface area contributed by atoms with Crippen LogP contribution in [0.15, 0.2) is 30.3 Å². The SMILES string of the molecule is CNCCC(=O)N1CCC(C(=O)O)(c2ccccc2)CC1. The minimum Gasteiger partial charge on any atom is -0.481 e. The first-order chi connectivity index (χ1) is 10.1. The maximum atomic E-state index is 12.0. The van der Waals surface area contributed by atoms with Crippen molar-refractivity contribution in [2.75, 3.05) is 26.7 Å². The lowest BCUT2D eigenvalue weighted by atomic mass is 9.73. The number of carboxylic acids is 1. The molecule has 0 saturated carbocycles. The van der Waals surface area contributed by atoms with Gasteiger partial charge in [0.25, 0.3) is 0 Å². The lowest BCUT2D eigenvalue weighted by Crippen LogP contribution is -2.49. The number of likely N-dealkylation sites (tertiary alicyclic amines) is 1. The highest BCUT2D eigenvalue weighted by Crippen LogP contribution is 2.36. The summed E-state index contributed by atoms with van der Waals surface area (Å²) >= 11 is 0. The minimum absolute atomic E-state index is 0.0939. The highest BCUT2D eigenvalue weighted by Gasteiger charge is 2.43. The van der Waals surface area contributed by atoms with Crippen LogP contribution >= 0.6 is 0 Å². The molecular weight excluding hydrogens is 268 g/mol. The first-order valence-electron chi connectivity index (χ1n) is 7.31. The molecule has 0 radical (unpaired) electrons. The van der Waals surface area contributed by atoms with Gasteiger partial charge >= 0.3 is 5.97 Å². The van der Waals surface area contributed by atoms with Gasteiger partial charge in [-0.3, -0.25) is 9.59 Å². The van der Waals surface area contributed by atoms with E-state index in [-0.39, 0.29) is 5.91 Å². The highest BCUT2D eigenvalue weighted by atomic mass is 16.4. The molecule has 2 N–H and O–H groups in total. The summed E-state index contributed by atoms with van der Waals surface area (Å²) in [6.07, 6.45) is 1.40. The Kier molecular flexibility index (Phi) is 4.96. The summed E-state index contributed by atoms with van der Waals surface area (Å²) in [7, 11) is 1.81. The molecule has 0 aliphatic carbocycles. The van der Waals surface area contributed by atoms with E-state index in [1.807, 2.05) is 37.4 Å². The van der Waals surface area contributed by atoms with E-state index < -0.39 is 11.4 Å². The second kappa shape index (κ2) is 6.72. The number of hydrogen-bond acceptors (Lipinski definition) is 3. The molecule has 1 heterocycles. The van der Waals surface area contributed by atoms with Crippen molar-refractivity contribution >= 4 is 11.9 Å². The van der Waals surface area contributed by atoms with Crippen molar-refractivity contribution in [1.29, 1.82) is 0 Å². The molecular formula is C16H22N2O3. The minimum atomic E-state index is -0.860. The second-order valence-corrected chi connectivity index (χ2v) is 5.49. The third-order valence-electron chi connectivity index (χ3n) is 4.29. The summed E-state index contributed by atoms with van der Waals surface area (Å²) in [6.45, 7) is 1.66. The molecule has 0 aromatic heterocycles. The number of carbonyl (C=O) groups excluding carboxylic acids is 1. The van der Waals surface area contributed by atoms with Gasteiger partial charge in [-0.25, -0.2) is 0 Å². The average Bonchev–Trinajstić information content (AvgIpc) is 2.53. The Balaban J connectivity index is 2.09. The molecule has 1 fully saturated rings. The molecule has 0 unspecified atom stereocenters. The molecule has 2 rings (SSSR count). The summed E-state index contributed by atoms with van der Waals surface area (Å²) in [4.78, 5) is 25.6. The molecule has 1 amide bonds. The smallest absolute Gasteiger partial charge is 0.314 e. The van der Waals surface area contributed by atoms with Gasteiger partial charge in [-0.15, -0.1) is 0 Å². The summed E-state index contributed by atoms with van der Waals surface area (Å²) < 4.78 is 0. The zero-order chi connectivity index (χ0) is 15.3. The van der Waals surface area contributed by atoms with Crippen molar-refractivity contribution in [2.45, 2.75) is 24.7 Å². The second-order valence-electron chi connectivity index (χ2n) is 5.49. The van der Waals surface area contributed by atoms with Crippen molar-refractivity contribution in [1.82, 2.24) is 10.2 Å². The van der Waals surface area contributed by atoms with Crippen LogP contribution in [0.1, 0.15) is 24.8 Å². The molecule has 1 aliphatic heterocycles. The van der Waals surface area contributed by atoms with E-state index in [0.717, 1.165) is 5.56 Å². The average molecular weight is 290 g/mol. The predicted molar refractivity (Wildman–Crippen MR) is 80.1 cm³/mol. The van der Waals surface area contributed by atoms with Gasteiger partial charge in [0.05, 0.1) is 5.41 Å². The van der Waals surface area contributed by atoms with E-state index in [2.05, 4.69) is 5.32 Å². The van der Waals surface area contributed by atoms with E-state index >= 15 is 0 Å². The monoisotopic (exact) mass is 290 g/mol. The molecule has 0 spiro atoms. The molecule has 1 aromatic carbocycles. The van der Waals surface area contributed by atoms with Gasteiger partial charge in [0.2, 0.25) is 5.91 Å². The normalized spacial score (nSPS) is 17.5. The Labute approximate surface area is 125 Å². The number of benzene rings is 1. The Bertz CT molecular complexity index is 494. The molecule has 1 aliphatic rings. The number of nitrogens with zero attached hydrogens (tertiary/aromatic N) is 1. The standard InChI is InChI=1S/C16H22N2O3/c1-17-10-7-14(19)18-11-8-16(9-12-18,15(20)21)13-5-3-2-4-6-13/h2-6,17H,7-12H2,1H3,(H,20,21). The number of rotatable bonds is 5. The van der Waals surface area contributed by atoms with Gasteiger partial charge in [0.1, 0.15) is 0 Å². The van der Waals surface area contributed by atoms with Crippen LogP contribution in [-0.4, -0.2) is 48.6 Å².